The Morgan fingerprint density at radius 2 is 1.75 bits per heavy atom. The van der Waals surface area contributed by atoms with Gasteiger partial charge in [0.1, 0.15) is 0 Å². The molecule has 0 aromatic heterocycles. The Balaban J connectivity index is 1.59. The van der Waals surface area contributed by atoms with Gasteiger partial charge in [-0.2, -0.15) is 0 Å². The molecule has 2 aromatic carbocycles. The number of hydrogen-bond acceptors (Lipinski definition) is 2. The van der Waals surface area contributed by atoms with Crippen LogP contribution in [0.15, 0.2) is 54.6 Å². The zero-order valence-electron chi connectivity index (χ0n) is 14.5. The maximum absolute atomic E-state index is 12.3. The van der Waals surface area contributed by atoms with Gasteiger partial charge in [0.15, 0.2) is 0 Å². The fourth-order valence-electron chi connectivity index (χ4n) is 2.90. The van der Waals surface area contributed by atoms with Crippen molar-refractivity contribution in [2.24, 2.45) is 0 Å². The molecule has 0 heterocycles. The number of rotatable bonds is 7. The topological polar surface area (TPSA) is 32.3 Å². The first-order valence-corrected chi connectivity index (χ1v) is 8.79. The van der Waals surface area contributed by atoms with Crippen LogP contribution in [0.3, 0.4) is 0 Å². The van der Waals surface area contributed by atoms with E-state index in [1.54, 1.807) is 0 Å². The average Bonchev–Trinajstić information content (AvgIpc) is 3.40. The highest BCUT2D eigenvalue weighted by atomic mass is 16.2. The third kappa shape index (κ3) is 4.68. The van der Waals surface area contributed by atoms with Crippen molar-refractivity contribution in [2.45, 2.75) is 45.2 Å². The van der Waals surface area contributed by atoms with Crippen LogP contribution >= 0.6 is 0 Å². The number of nitrogens with one attached hydrogen (secondary N) is 1. The van der Waals surface area contributed by atoms with Gasteiger partial charge in [0.05, 0.1) is 6.54 Å². The molecule has 3 heteroatoms. The lowest BCUT2D eigenvalue weighted by Gasteiger charge is -2.22. The van der Waals surface area contributed by atoms with Crippen molar-refractivity contribution in [3.05, 3.63) is 65.7 Å². The first-order valence-electron chi connectivity index (χ1n) is 8.79. The van der Waals surface area contributed by atoms with Gasteiger partial charge in [-0.1, -0.05) is 56.3 Å². The smallest absolute Gasteiger partial charge is 0.238 e. The Bertz CT molecular complexity index is 660. The molecule has 1 saturated carbocycles. The summed E-state index contributed by atoms with van der Waals surface area (Å²) in [7, 11) is 0. The van der Waals surface area contributed by atoms with Crippen LogP contribution in [0.5, 0.6) is 0 Å². The highest BCUT2D eigenvalue weighted by Crippen LogP contribution is 2.28. The van der Waals surface area contributed by atoms with Crippen LogP contribution in [0.1, 0.15) is 43.7 Å². The van der Waals surface area contributed by atoms with Crippen LogP contribution in [0, 0.1) is 0 Å². The second-order valence-corrected chi connectivity index (χ2v) is 6.95. The lowest BCUT2D eigenvalue weighted by molar-refractivity contribution is -0.117. The number of para-hydroxylation sites is 1. The van der Waals surface area contributed by atoms with Gasteiger partial charge in [0.2, 0.25) is 5.91 Å². The van der Waals surface area contributed by atoms with Gasteiger partial charge in [-0.05, 0) is 42.0 Å². The van der Waals surface area contributed by atoms with Gasteiger partial charge in [0.25, 0.3) is 0 Å². The number of benzene rings is 2. The van der Waals surface area contributed by atoms with Crippen molar-refractivity contribution in [3.8, 4) is 0 Å². The molecule has 0 aliphatic heterocycles. The molecule has 1 aliphatic rings. The summed E-state index contributed by atoms with van der Waals surface area (Å²) in [5.74, 6) is 0.613. The SMILES string of the molecule is CC(C)c1ccc(CN(CC(=O)Nc2ccccc2)C2CC2)cc1. The molecule has 0 unspecified atom stereocenters. The van der Waals surface area contributed by atoms with Gasteiger partial charge in [-0.3, -0.25) is 9.69 Å². The Kier molecular flexibility index (Phi) is 5.31. The normalized spacial score (nSPS) is 14.2. The number of hydrogen-bond donors (Lipinski definition) is 1. The molecule has 0 spiro atoms. The maximum Gasteiger partial charge on any atom is 0.238 e. The van der Waals surface area contributed by atoms with Gasteiger partial charge < -0.3 is 5.32 Å². The molecule has 0 saturated heterocycles. The minimum atomic E-state index is 0.0619. The third-order valence-corrected chi connectivity index (χ3v) is 4.50. The summed E-state index contributed by atoms with van der Waals surface area (Å²) in [4.78, 5) is 14.6. The van der Waals surface area contributed by atoms with Crippen LogP contribution in [-0.2, 0) is 11.3 Å². The van der Waals surface area contributed by atoms with E-state index in [0.29, 0.717) is 18.5 Å². The van der Waals surface area contributed by atoms with E-state index in [-0.39, 0.29) is 5.91 Å². The summed E-state index contributed by atoms with van der Waals surface area (Å²) < 4.78 is 0. The lowest BCUT2D eigenvalue weighted by atomic mass is 10.0. The largest absolute Gasteiger partial charge is 0.325 e. The second-order valence-electron chi connectivity index (χ2n) is 6.95. The van der Waals surface area contributed by atoms with Crippen LogP contribution in [0.25, 0.3) is 0 Å². The predicted molar refractivity (Wildman–Crippen MR) is 99.0 cm³/mol. The molecule has 3 nitrogen and oxygen atoms in total. The van der Waals surface area contributed by atoms with Crippen molar-refractivity contribution < 1.29 is 4.79 Å². The highest BCUT2D eigenvalue weighted by Gasteiger charge is 2.30. The number of carbonyl (C=O) groups excluding carboxylic acids is 1. The molecular weight excluding hydrogens is 296 g/mol. The molecule has 1 N–H and O–H groups in total. The quantitative estimate of drug-likeness (QED) is 0.819. The molecule has 24 heavy (non-hydrogen) atoms. The molecule has 3 rings (SSSR count). The van der Waals surface area contributed by atoms with Crippen LogP contribution < -0.4 is 5.32 Å². The van der Waals surface area contributed by atoms with Crippen molar-refractivity contribution in [2.75, 3.05) is 11.9 Å². The number of nitrogens with zero attached hydrogens (tertiary/aromatic N) is 1. The standard InChI is InChI=1S/C21H26N2O/c1-16(2)18-10-8-17(9-11-18)14-23(20-12-13-20)15-21(24)22-19-6-4-3-5-7-19/h3-11,16,20H,12-15H2,1-2H3,(H,22,24). The van der Waals surface area contributed by atoms with E-state index >= 15 is 0 Å². The Labute approximate surface area is 144 Å². The summed E-state index contributed by atoms with van der Waals surface area (Å²) in [6.45, 7) is 5.70. The zero-order chi connectivity index (χ0) is 16.9. The molecule has 0 bridgehead atoms. The number of carbonyl (C=O) groups is 1. The third-order valence-electron chi connectivity index (χ3n) is 4.50. The van der Waals surface area contributed by atoms with E-state index < -0.39 is 0 Å². The van der Waals surface area contributed by atoms with Gasteiger partial charge in [-0.25, -0.2) is 0 Å². The van der Waals surface area contributed by atoms with Gasteiger partial charge in [-0.15, -0.1) is 0 Å². The maximum atomic E-state index is 12.3. The Morgan fingerprint density at radius 3 is 2.33 bits per heavy atom. The van der Waals surface area contributed by atoms with Crippen molar-refractivity contribution in [1.82, 2.24) is 4.90 Å². The molecule has 0 atom stereocenters. The van der Waals surface area contributed by atoms with E-state index in [9.17, 15) is 4.79 Å². The molecule has 126 valence electrons. The first-order chi connectivity index (χ1) is 11.6. The van der Waals surface area contributed by atoms with Gasteiger partial charge >= 0.3 is 0 Å². The lowest BCUT2D eigenvalue weighted by Crippen LogP contribution is -2.34. The molecular formula is C21H26N2O. The first kappa shape index (κ1) is 16.7. The average molecular weight is 322 g/mol. The fourth-order valence-corrected chi connectivity index (χ4v) is 2.90. The van der Waals surface area contributed by atoms with Crippen LogP contribution in [-0.4, -0.2) is 23.4 Å². The van der Waals surface area contributed by atoms with Crippen molar-refractivity contribution in [1.29, 1.82) is 0 Å². The molecule has 1 aliphatic carbocycles. The van der Waals surface area contributed by atoms with Crippen molar-refractivity contribution >= 4 is 11.6 Å². The molecule has 0 radical (unpaired) electrons. The summed E-state index contributed by atoms with van der Waals surface area (Å²) in [6, 6.07) is 19.0. The van der Waals surface area contributed by atoms with E-state index in [1.807, 2.05) is 30.3 Å². The summed E-state index contributed by atoms with van der Waals surface area (Å²) in [5, 5.41) is 2.98. The van der Waals surface area contributed by atoms with E-state index in [4.69, 9.17) is 0 Å². The van der Waals surface area contributed by atoms with Crippen LogP contribution in [0.2, 0.25) is 0 Å². The highest BCUT2D eigenvalue weighted by molar-refractivity contribution is 5.92. The fraction of sp³-hybridized carbons (Fsp3) is 0.381. The summed E-state index contributed by atoms with van der Waals surface area (Å²) in [6.07, 6.45) is 2.39. The second kappa shape index (κ2) is 7.63. The van der Waals surface area contributed by atoms with E-state index in [2.05, 4.69) is 48.3 Å². The van der Waals surface area contributed by atoms with Crippen molar-refractivity contribution in [3.63, 3.8) is 0 Å². The number of anilines is 1. The zero-order valence-corrected chi connectivity index (χ0v) is 14.5. The Morgan fingerprint density at radius 1 is 1.08 bits per heavy atom. The minimum absolute atomic E-state index is 0.0619. The summed E-state index contributed by atoms with van der Waals surface area (Å²) >= 11 is 0. The monoisotopic (exact) mass is 322 g/mol. The van der Waals surface area contributed by atoms with E-state index in [1.165, 1.54) is 24.0 Å². The minimum Gasteiger partial charge on any atom is -0.325 e. The number of amides is 1. The van der Waals surface area contributed by atoms with Crippen LogP contribution in [0.4, 0.5) is 5.69 Å². The van der Waals surface area contributed by atoms with Gasteiger partial charge in [0, 0.05) is 18.3 Å². The molecule has 1 amide bonds. The molecule has 2 aromatic rings. The predicted octanol–water partition coefficient (Wildman–Crippen LogP) is 4.41. The molecule has 1 fully saturated rings. The summed E-state index contributed by atoms with van der Waals surface area (Å²) in [5.41, 5.74) is 3.50. The van der Waals surface area contributed by atoms with E-state index in [0.717, 1.165) is 12.2 Å². The Hall–Kier alpha value is -2.13.